The van der Waals surface area contributed by atoms with Gasteiger partial charge in [0.2, 0.25) is 0 Å². The molecule has 10 nitrogen and oxygen atoms in total. The molecule has 2 heterocycles. The van der Waals surface area contributed by atoms with Gasteiger partial charge >= 0.3 is 0 Å². The number of nitrogens with one attached hydrogen (secondary N) is 2. The fourth-order valence-electron chi connectivity index (χ4n) is 6.37. The summed E-state index contributed by atoms with van der Waals surface area (Å²) >= 11 is 5.78. The number of nitrogens with zero attached hydrogens (tertiary/aromatic N) is 4. The van der Waals surface area contributed by atoms with Gasteiger partial charge in [-0.05, 0) is 91.0 Å². The molecule has 0 spiro atoms. The third-order valence-electron chi connectivity index (χ3n) is 9.31. The van der Waals surface area contributed by atoms with Crippen molar-refractivity contribution in [3.8, 4) is 11.3 Å². The summed E-state index contributed by atoms with van der Waals surface area (Å²) in [6.07, 6.45) is 16.9. The Bertz CT molecular complexity index is 2140. The van der Waals surface area contributed by atoms with Crippen LogP contribution in [-0.4, -0.2) is 62.9 Å². The summed E-state index contributed by atoms with van der Waals surface area (Å²) in [5.74, 6) is 0. The van der Waals surface area contributed by atoms with Crippen LogP contribution in [0.15, 0.2) is 156 Å². The average Bonchev–Trinajstić information content (AvgIpc) is 3.46. The molecule has 56 heavy (non-hydrogen) atoms. The highest BCUT2D eigenvalue weighted by Crippen LogP contribution is 2.33. The van der Waals surface area contributed by atoms with E-state index in [4.69, 9.17) is 11.6 Å². The number of anilines is 1. The fourth-order valence-corrected chi connectivity index (χ4v) is 8.02. The summed E-state index contributed by atoms with van der Waals surface area (Å²) < 4.78 is 21.1. The quantitative estimate of drug-likeness (QED) is 0.0253. The minimum atomic E-state index is -1.67. The number of carbonyl (C=O) groups is 1. The Hall–Kier alpha value is -5.24. The topological polar surface area (TPSA) is 119 Å². The maximum atomic E-state index is 13.1. The van der Waals surface area contributed by atoms with Crippen molar-refractivity contribution >= 4 is 52.6 Å². The first-order chi connectivity index (χ1) is 27.1. The van der Waals surface area contributed by atoms with Gasteiger partial charge in [0.05, 0.1) is 34.6 Å². The highest BCUT2D eigenvalue weighted by molar-refractivity contribution is 8.00. The van der Waals surface area contributed by atoms with Crippen molar-refractivity contribution in [3.05, 3.63) is 178 Å². The maximum absolute atomic E-state index is 13.1. The Labute approximate surface area is 341 Å². The van der Waals surface area contributed by atoms with Gasteiger partial charge in [0.15, 0.2) is 11.2 Å². The molecular weight excluding hydrogens is 764 g/mol. The number of benzene rings is 3. The molecule has 0 amide bonds. The van der Waals surface area contributed by atoms with Crippen LogP contribution in [0.4, 0.5) is 11.4 Å². The Morgan fingerprint density at radius 1 is 0.982 bits per heavy atom. The summed E-state index contributed by atoms with van der Waals surface area (Å²) in [6.45, 7) is 13.0. The Kier molecular flexibility index (Phi) is 15.4. The van der Waals surface area contributed by atoms with Crippen LogP contribution in [0.5, 0.6) is 0 Å². The summed E-state index contributed by atoms with van der Waals surface area (Å²) in [7, 11) is 1.98. The van der Waals surface area contributed by atoms with Crippen molar-refractivity contribution in [2.75, 3.05) is 37.4 Å². The third kappa shape index (κ3) is 10.7. The minimum absolute atomic E-state index is 0.159. The molecule has 290 valence electrons. The van der Waals surface area contributed by atoms with Gasteiger partial charge in [-0.2, -0.15) is 0 Å². The van der Waals surface area contributed by atoms with E-state index < -0.39 is 16.3 Å². The number of aldehydes is 1. The van der Waals surface area contributed by atoms with Gasteiger partial charge in [-0.1, -0.05) is 85.5 Å². The summed E-state index contributed by atoms with van der Waals surface area (Å²) in [4.78, 5) is 29.5. The van der Waals surface area contributed by atoms with Gasteiger partial charge in [-0.25, -0.2) is 0 Å². The second kappa shape index (κ2) is 20.6. The monoisotopic (exact) mass is 808 g/mol. The number of piperazine rings is 1. The molecule has 1 aromatic heterocycles. The Balaban J connectivity index is 1.21. The normalized spacial score (nSPS) is 14.4. The highest BCUT2D eigenvalue weighted by Gasteiger charge is 2.23. The lowest BCUT2D eigenvalue weighted by molar-refractivity contribution is -0.384. The lowest BCUT2D eigenvalue weighted by Gasteiger charge is -2.38. The molecule has 0 bridgehead atoms. The summed E-state index contributed by atoms with van der Waals surface area (Å²) in [5.41, 5.74) is 6.72. The summed E-state index contributed by atoms with van der Waals surface area (Å²) in [5, 5.41) is 12.5. The average molecular weight is 809 g/mol. The lowest BCUT2D eigenvalue weighted by atomic mass is 10.0. The van der Waals surface area contributed by atoms with Crippen LogP contribution in [0.2, 0.25) is 5.02 Å². The Morgan fingerprint density at radius 3 is 2.32 bits per heavy atom. The van der Waals surface area contributed by atoms with E-state index in [-0.39, 0.29) is 12.2 Å². The van der Waals surface area contributed by atoms with Crippen LogP contribution >= 0.6 is 23.5 Å². The van der Waals surface area contributed by atoms with Crippen LogP contribution < -0.4 is 9.44 Å². The second-order valence-electron chi connectivity index (χ2n) is 12.7. The largest absolute Gasteiger partial charge is 0.593 e. The molecule has 0 aliphatic carbocycles. The molecule has 3 aromatic carbocycles. The van der Waals surface area contributed by atoms with E-state index in [2.05, 4.69) is 49.1 Å². The van der Waals surface area contributed by atoms with Crippen LogP contribution in [0.25, 0.3) is 11.3 Å². The lowest BCUT2D eigenvalue weighted by Crippen LogP contribution is -2.44. The molecular formula is C43H45ClN6O4S2. The third-order valence-corrected chi connectivity index (χ3v) is 11.5. The smallest absolute Gasteiger partial charge is 0.298 e. The molecule has 1 unspecified atom stereocenters. The van der Waals surface area contributed by atoms with Crippen LogP contribution in [0.3, 0.4) is 0 Å². The predicted molar refractivity (Wildman–Crippen MR) is 231 cm³/mol. The fraction of sp³-hybridized carbons (Fsp3) is 0.186. The van der Waals surface area contributed by atoms with Gasteiger partial charge in [0.1, 0.15) is 5.69 Å². The zero-order valence-corrected chi connectivity index (χ0v) is 33.8. The molecule has 1 saturated heterocycles. The molecule has 0 saturated carbocycles. The molecule has 2 N–H and O–H groups in total. The van der Waals surface area contributed by atoms with Crippen molar-refractivity contribution in [1.29, 1.82) is 0 Å². The van der Waals surface area contributed by atoms with E-state index in [1.807, 2.05) is 92.9 Å². The van der Waals surface area contributed by atoms with E-state index in [1.54, 1.807) is 24.3 Å². The number of hydrogen-bond donors (Lipinski definition) is 2. The Morgan fingerprint density at radius 2 is 1.68 bits per heavy atom. The van der Waals surface area contributed by atoms with Gasteiger partial charge < -0.3 is 23.6 Å². The molecule has 0 radical (unpaired) electrons. The standard InChI is InChI=1S/C43H45ClN6O4S2/c1-5-7-13-36(21-23-39-40(31-51)32(3)47(4)43(39)33-17-19-34(44)20-18-33)49-28-26-48(27-29-49)35(12-6-2)14-11-25-45-56(54)38-22-24-41(42(30-38)50(52)53)46-55-37-15-9-8-10-16-37/h5-22,24,30-31,45-46H,1-2,23,25-29H2,3-4H3/b13-7-,14-11-,35-12+,36-21+. The molecule has 5 rings (SSSR count). The van der Waals surface area contributed by atoms with E-state index in [0.29, 0.717) is 27.6 Å². The SMILES string of the molecule is C=C/C=C\C(=C/Cc1c(C=O)c(C)n(C)c1-c1ccc(Cl)cc1)N1CCN(C(/C=C\CN[S+]([O-])c2ccc(NSc3ccccc3)c([N+](=O)[O-])c2)=C/C=C)CC1. The van der Waals surface area contributed by atoms with Gasteiger partial charge in [-0.15, -0.1) is 4.72 Å². The van der Waals surface area contributed by atoms with E-state index >= 15 is 0 Å². The van der Waals surface area contributed by atoms with Crippen molar-refractivity contribution in [2.24, 2.45) is 7.05 Å². The first kappa shape index (κ1) is 41.9. The van der Waals surface area contributed by atoms with Gasteiger partial charge in [0.25, 0.3) is 5.69 Å². The zero-order chi connectivity index (χ0) is 40.0. The highest BCUT2D eigenvalue weighted by atomic mass is 35.5. The zero-order valence-electron chi connectivity index (χ0n) is 31.4. The van der Waals surface area contributed by atoms with Crippen LogP contribution in [0.1, 0.15) is 21.6 Å². The number of carbonyl (C=O) groups excluding carboxylic acids is 1. The van der Waals surface area contributed by atoms with Crippen molar-refractivity contribution in [1.82, 2.24) is 19.1 Å². The van der Waals surface area contributed by atoms with Crippen molar-refractivity contribution in [3.63, 3.8) is 0 Å². The number of nitro groups is 1. The number of rotatable bonds is 18. The molecule has 1 fully saturated rings. The molecule has 1 aliphatic rings. The number of halogens is 1. The van der Waals surface area contributed by atoms with E-state index in [1.165, 1.54) is 18.0 Å². The molecule has 1 atom stereocenters. The maximum Gasteiger partial charge on any atom is 0.298 e. The van der Waals surface area contributed by atoms with E-state index in [9.17, 15) is 19.5 Å². The van der Waals surface area contributed by atoms with Crippen LogP contribution in [-0.2, 0) is 24.8 Å². The number of allylic oxidation sites excluding steroid dienone is 7. The molecule has 13 heteroatoms. The molecule has 4 aromatic rings. The second-order valence-corrected chi connectivity index (χ2v) is 15.3. The predicted octanol–water partition coefficient (Wildman–Crippen LogP) is 9.22. The van der Waals surface area contributed by atoms with Gasteiger partial charge in [-0.3, -0.25) is 14.9 Å². The van der Waals surface area contributed by atoms with Crippen LogP contribution in [0, 0.1) is 17.0 Å². The number of aromatic nitrogens is 1. The number of hydrogen-bond acceptors (Lipinski definition) is 9. The van der Waals surface area contributed by atoms with Crippen molar-refractivity contribution in [2.45, 2.75) is 23.1 Å². The first-order valence-corrected chi connectivity index (χ1v) is 20.3. The van der Waals surface area contributed by atoms with Gasteiger partial charge in [0, 0.05) is 65.8 Å². The first-order valence-electron chi connectivity index (χ1n) is 17.9. The summed E-state index contributed by atoms with van der Waals surface area (Å²) in [6, 6.07) is 21.7. The molecule has 1 aliphatic heterocycles. The number of nitro benzene ring substituents is 1. The van der Waals surface area contributed by atoms with Crippen molar-refractivity contribution < 1.29 is 14.3 Å². The minimum Gasteiger partial charge on any atom is -0.593 e. The van der Waals surface area contributed by atoms with E-state index in [0.717, 1.165) is 71.3 Å².